The number of carbonyl (C=O) groups is 1. The van der Waals surface area contributed by atoms with E-state index in [-0.39, 0.29) is 11.2 Å². The van der Waals surface area contributed by atoms with Crippen LogP contribution in [-0.2, 0) is 11.2 Å². The predicted octanol–water partition coefficient (Wildman–Crippen LogP) is 4.59. The number of ether oxygens (including phenoxy) is 2. The monoisotopic (exact) mass is 393 g/mol. The van der Waals surface area contributed by atoms with Crippen LogP contribution in [0.1, 0.15) is 18.9 Å². The molecule has 1 N–H and O–H groups in total. The van der Waals surface area contributed by atoms with Gasteiger partial charge in [0.1, 0.15) is 0 Å². The summed E-state index contributed by atoms with van der Waals surface area (Å²) >= 11 is 7.40. The highest BCUT2D eigenvalue weighted by Gasteiger charge is 2.13. The summed E-state index contributed by atoms with van der Waals surface area (Å²) in [7, 11) is 3.25. The van der Waals surface area contributed by atoms with Gasteiger partial charge in [-0.3, -0.25) is 4.79 Å². The molecule has 0 aliphatic rings. The third-order valence-electron chi connectivity index (χ3n) is 3.89. The molecule has 140 valence electrons. The molecule has 0 aliphatic carbocycles. The molecule has 0 heterocycles. The van der Waals surface area contributed by atoms with Crippen molar-refractivity contribution in [1.29, 1.82) is 0 Å². The van der Waals surface area contributed by atoms with Crippen molar-refractivity contribution in [3.63, 3.8) is 0 Å². The smallest absolute Gasteiger partial charge is 0.233 e. The van der Waals surface area contributed by atoms with Gasteiger partial charge < -0.3 is 14.8 Å². The van der Waals surface area contributed by atoms with Crippen LogP contribution in [0.15, 0.2) is 47.4 Å². The third kappa shape index (κ3) is 6.15. The molecule has 2 aromatic rings. The molecule has 0 aromatic heterocycles. The Hall–Kier alpha value is -1.85. The lowest BCUT2D eigenvalue weighted by molar-refractivity contribution is -0.120. The number of thioether (sulfide) groups is 1. The minimum Gasteiger partial charge on any atom is -0.493 e. The summed E-state index contributed by atoms with van der Waals surface area (Å²) in [6.07, 6.45) is 1.72. The Kier molecular flexibility index (Phi) is 8.13. The highest BCUT2D eigenvalue weighted by Crippen LogP contribution is 2.28. The average molecular weight is 394 g/mol. The highest BCUT2D eigenvalue weighted by atomic mass is 35.5. The molecule has 1 amide bonds. The first-order valence-corrected chi connectivity index (χ1v) is 9.70. The molecule has 6 heteroatoms. The molecule has 0 radical (unpaired) electrons. The number of halogens is 1. The number of hydrogen-bond acceptors (Lipinski definition) is 4. The van der Waals surface area contributed by atoms with Gasteiger partial charge in [-0.25, -0.2) is 0 Å². The number of nitrogens with one attached hydrogen (secondary N) is 1. The van der Waals surface area contributed by atoms with Gasteiger partial charge in [-0.2, -0.15) is 0 Å². The lowest BCUT2D eigenvalue weighted by atomic mass is 10.1. The Balaban J connectivity index is 1.75. The average Bonchev–Trinajstić information content (AvgIpc) is 2.66. The minimum absolute atomic E-state index is 0.0391. The van der Waals surface area contributed by atoms with E-state index in [0.717, 1.165) is 34.8 Å². The summed E-state index contributed by atoms with van der Waals surface area (Å²) < 4.78 is 10.5. The Morgan fingerprint density at radius 3 is 2.46 bits per heavy atom. The van der Waals surface area contributed by atoms with Crippen molar-refractivity contribution in [2.24, 2.45) is 0 Å². The summed E-state index contributed by atoms with van der Waals surface area (Å²) in [6, 6.07) is 13.4. The van der Waals surface area contributed by atoms with Crippen LogP contribution in [0, 0.1) is 0 Å². The van der Waals surface area contributed by atoms with Crippen molar-refractivity contribution in [1.82, 2.24) is 5.32 Å². The summed E-state index contributed by atoms with van der Waals surface area (Å²) in [5.74, 6) is 1.48. The van der Waals surface area contributed by atoms with Crippen molar-refractivity contribution < 1.29 is 14.3 Å². The zero-order chi connectivity index (χ0) is 18.9. The lowest BCUT2D eigenvalue weighted by Crippen LogP contribution is -2.31. The SMILES string of the molecule is COc1ccc(CCCNC(=O)C(C)Sc2ccc(Cl)cc2)cc1OC. The molecule has 0 fully saturated rings. The maximum absolute atomic E-state index is 12.2. The van der Waals surface area contributed by atoms with E-state index < -0.39 is 0 Å². The molecule has 0 saturated heterocycles. The molecule has 2 rings (SSSR count). The van der Waals surface area contributed by atoms with Crippen LogP contribution in [0.3, 0.4) is 0 Å². The van der Waals surface area contributed by atoms with E-state index in [2.05, 4.69) is 5.32 Å². The number of carbonyl (C=O) groups excluding carboxylic acids is 1. The minimum atomic E-state index is -0.155. The van der Waals surface area contributed by atoms with E-state index in [1.165, 1.54) is 11.8 Å². The largest absolute Gasteiger partial charge is 0.493 e. The van der Waals surface area contributed by atoms with Gasteiger partial charge in [0.15, 0.2) is 11.5 Å². The summed E-state index contributed by atoms with van der Waals surface area (Å²) in [5, 5.41) is 3.53. The molecular formula is C20H24ClNO3S. The van der Waals surface area contributed by atoms with Gasteiger partial charge in [0, 0.05) is 16.5 Å². The number of benzene rings is 2. The fraction of sp³-hybridized carbons (Fsp3) is 0.350. The van der Waals surface area contributed by atoms with Gasteiger partial charge in [-0.05, 0) is 61.7 Å². The second-order valence-electron chi connectivity index (χ2n) is 5.80. The van der Waals surface area contributed by atoms with Gasteiger partial charge in [0.25, 0.3) is 0 Å². The topological polar surface area (TPSA) is 47.6 Å². The normalized spacial score (nSPS) is 11.7. The number of rotatable bonds is 9. The third-order valence-corrected chi connectivity index (χ3v) is 5.25. The van der Waals surface area contributed by atoms with Crippen LogP contribution in [0.4, 0.5) is 0 Å². The number of methoxy groups -OCH3 is 2. The molecule has 1 atom stereocenters. The van der Waals surface area contributed by atoms with Crippen LogP contribution in [0.25, 0.3) is 0 Å². The zero-order valence-electron chi connectivity index (χ0n) is 15.3. The molecule has 1 unspecified atom stereocenters. The second kappa shape index (κ2) is 10.3. The van der Waals surface area contributed by atoms with E-state index in [4.69, 9.17) is 21.1 Å². The van der Waals surface area contributed by atoms with E-state index >= 15 is 0 Å². The highest BCUT2D eigenvalue weighted by molar-refractivity contribution is 8.00. The number of aryl methyl sites for hydroxylation is 1. The number of amides is 1. The standard InChI is InChI=1S/C20H24ClNO3S/c1-14(26-17-9-7-16(21)8-10-17)20(23)22-12-4-5-15-6-11-18(24-2)19(13-15)25-3/h6-11,13-14H,4-5,12H2,1-3H3,(H,22,23). The number of hydrogen-bond donors (Lipinski definition) is 1. The van der Waals surface area contributed by atoms with Crippen LogP contribution in [-0.4, -0.2) is 31.9 Å². The second-order valence-corrected chi connectivity index (χ2v) is 7.65. The summed E-state index contributed by atoms with van der Waals surface area (Å²) in [6.45, 7) is 2.54. The van der Waals surface area contributed by atoms with Crippen LogP contribution >= 0.6 is 23.4 Å². The Labute approximate surface area is 164 Å². The van der Waals surface area contributed by atoms with Crippen molar-refractivity contribution in [2.45, 2.75) is 29.9 Å². The fourth-order valence-electron chi connectivity index (χ4n) is 2.45. The maximum Gasteiger partial charge on any atom is 0.233 e. The van der Waals surface area contributed by atoms with Gasteiger partial charge in [0.2, 0.25) is 5.91 Å². The van der Waals surface area contributed by atoms with Crippen molar-refractivity contribution >= 4 is 29.3 Å². The first kappa shape index (κ1) is 20.5. The van der Waals surface area contributed by atoms with Crippen LogP contribution in [0.2, 0.25) is 5.02 Å². The first-order valence-electron chi connectivity index (χ1n) is 8.44. The molecule has 26 heavy (non-hydrogen) atoms. The quantitative estimate of drug-likeness (QED) is 0.500. The molecule has 2 aromatic carbocycles. The predicted molar refractivity (Wildman–Crippen MR) is 108 cm³/mol. The Morgan fingerprint density at radius 1 is 1.12 bits per heavy atom. The maximum atomic E-state index is 12.2. The fourth-order valence-corrected chi connectivity index (χ4v) is 3.47. The summed E-state index contributed by atoms with van der Waals surface area (Å²) in [4.78, 5) is 13.2. The molecule has 4 nitrogen and oxygen atoms in total. The van der Waals surface area contributed by atoms with Crippen molar-refractivity contribution in [3.05, 3.63) is 53.1 Å². The lowest BCUT2D eigenvalue weighted by Gasteiger charge is -2.12. The Bertz CT molecular complexity index is 721. The van der Waals surface area contributed by atoms with Crippen molar-refractivity contribution in [2.75, 3.05) is 20.8 Å². The molecule has 0 spiro atoms. The molecular weight excluding hydrogens is 370 g/mol. The van der Waals surface area contributed by atoms with E-state index in [1.54, 1.807) is 14.2 Å². The van der Waals surface area contributed by atoms with Crippen LogP contribution < -0.4 is 14.8 Å². The van der Waals surface area contributed by atoms with Crippen LogP contribution in [0.5, 0.6) is 11.5 Å². The van der Waals surface area contributed by atoms with E-state index in [9.17, 15) is 4.79 Å². The Morgan fingerprint density at radius 2 is 1.81 bits per heavy atom. The summed E-state index contributed by atoms with van der Waals surface area (Å²) in [5.41, 5.74) is 1.15. The van der Waals surface area contributed by atoms with Gasteiger partial charge in [0.05, 0.1) is 19.5 Å². The van der Waals surface area contributed by atoms with Crippen molar-refractivity contribution in [3.8, 4) is 11.5 Å². The molecule has 0 aliphatic heterocycles. The molecule has 0 bridgehead atoms. The molecule has 0 saturated carbocycles. The van der Waals surface area contributed by atoms with E-state index in [0.29, 0.717) is 11.6 Å². The zero-order valence-corrected chi connectivity index (χ0v) is 16.8. The van der Waals surface area contributed by atoms with Gasteiger partial charge in [-0.15, -0.1) is 11.8 Å². The van der Waals surface area contributed by atoms with Gasteiger partial charge in [-0.1, -0.05) is 17.7 Å². The van der Waals surface area contributed by atoms with Gasteiger partial charge >= 0.3 is 0 Å². The van der Waals surface area contributed by atoms with E-state index in [1.807, 2.05) is 49.4 Å². The first-order chi connectivity index (χ1) is 12.5.